The van der Waals surface area contributed by atoms with E-state index in [1.165, 1.54) is 11.9 Å². The number of nitrogens with zero attached hydrogens (tertiary/aromatic N) is 2. The number of hydrogen-bond donors (Lipinski definition) is 1. The molecular weight excluding hydrogens is 450 g/mol. The van der Waals surface area contributed by atoms with Gasteiger partial charge in [0.1, 0.15) is 5.75 Å². The van der Waals surface area contributed by atoms with Crippen molar-refractivity contribution in [1.29, 1.82) is 0 Å². The van der Waals surface area contributed by atoms with Gasteiger partial charge in [-0.25, -0.2) is 5.01 Å². The van der Waals surface area contributed by atoms with Crippen molar-refractivity contribution >= 4 is 34.1 Å². The highest BCUT2D eigenvalue weighted by Crippen LogP contribution is 2.39. The number of benzene rings is 3. The van der Waals surface area contributed by atoms with Crippen LogP contribution in [-0.2, 0) is 4.79 Å². The smallest absolute Gasteiger partial charge is 0.258 e. The first-order chi connectivity index (χ1) is 16.5. The van der Waals surface area contributed by atoms with E-state index in [9.17, 15) is 9.59 Å². The number of halogens is 1. The molecular formula is C27H22ClN3O3. The van der Waals surface area contributed by atoms with Crippen LogP contribution in [-0.4, -0.2) is 28.7 Å². The molecule has 1 amide bonds. The number of rotatable bonds is 4. The highest BCUT2D eigenvalue weighted by Gasteiger charge is 2.35. The summed E-state index contributed by atoms with van der Waals surface area (Å²) in [5, 5.41) is 7.47. The first kappa shape index (κ1) is 21.9. The number of pyridine rings is 1. The van der Waals surface area contributed by atoms with Crippen molar-refractivity contribution in [3.8, 4) is 16.9 Å². The zero-order chi connectivity index (χ0) is 23.8. The third-order valence-corrected chi connectivity index (χ3v) is 6.29. The molecule has 1 aliphatic rings. The summed E-state index contributed by atoms with van der Waals surface area (Å²) in [5.41, 5.74) is 3.83. The van der Waals surface area contributed by atoms with Gasteiger partial charge >= 0.3 is 0 Å². The SMILES string of the molecule is COc1ccccc1C1CC(c2c(-c3ccccc3)c3cc(Cl)ccc3[nH]c2=O)=NN1C(C)=O. The van der Waals surface area contributed by atoms with Crippen LogP contribution in [0.5, 0.6) is 5.75 Å². The molecule has 1 atom stereocenters. The van der Waals surface area contributed by atoms with Gasteiger partial charge in [0, 0.05) is 40.4 Å². The Morgan fingerprint density at radius 1 is 1.06 bits per heavy atom. The van der Waals surface area contributed by atoms with Crippen LogP contribution in [0.1, 0.15) is 30.5 Å². The van der Waals surface area contributed by atoms with Gasteiger partial charge in [0.2, 0.25) is 5.91 Å². The molecule has 2 heterocycles. The molecule has 6 nitrogen and oxygen atoms in total. The Morgan fingerprint density at radius 3 is 2.53 bits per heavy atom. The summed E-state index contributed by atoms with van der Waals surface area (Å²) in [6.45, 7) is 1.47. The first-order valence-electron chi connectivity index (χ1n) is 10.9. The zero-order valence-electron chi connectivity index (χ0n) is 18.7. The van der Waals surface area contributed by atoms with E-state index >= 15 is 0 Å². The number of aromatic nitrogens is 1. The van der Waals surface area contributed by atoms with Gasteiger partial charge in [-0.15, -0.1) is 0 Å². The van der Waals surface area contributed by atoms with Crippen molar-refractivity contribution in [3.05, 3.63) is 99.3 Å². The van der Waals surface area contributed by atoms with Gasteiger partial charge < -0.3 is 9.72 Å². The third kappa shape index (κ3) is 3.76. The maximum absolute atomic E-state index is 13.4. The fourth-order valence-corrected chi connectivity index (χ4v) is 4.75. The van der Waals surface area contributed by atoms with Crippen molar-refractivity contribution in [2.45, 2.75) is 19.4 Å². The minimum atomic E-state index is -0.387. The number of para-hydroxylation sites is 1. The first-order valence-corrected chi connectivity index (χ1v) is 11.3. The number of hydrogen-bond acceptors (Lipinski definition) is 4. The number of carbonyl (C=O) groups excluding carboxylic acids is 1. The van der Waals surface area contributed by atoms with Gasteiger partial charge in [0.05, 0.1) is 24.4 Å². The molecule has 1 aliphatic heterocycles. The van der Waals surface area contributed by atoms with Gasteiger partial charge in [0.25, 0.3) is 5.56 Å². The average Bonchev–Trinajstić information content (AvgIpc) is 3.29. The number of hydrazone groups is 1. The third-order valence-electron chi connectivity index (χ3n) is 6.06. The van der Waals surface area contributed by atoms with Crippen molar-refractivity contribution in [1.82, 2.24) is 9.99 Å². The van der Waals surface area contributed by atoms with Crippen LogP contribution in [0.2, 0.25) is 5.02 Å². The maximum Gasteiger partial charge on any atom is 0.258 e. The van der Waals surface area contributed by atoms with Crippen LogP contribution in [0, 0.1) is 0 Å². The lowest BCUT2D eigenvalue weighted by Gasteiger charge is -2.22. The minimum Gasteiger partial charge on any atom is -0.496 e. The monoisotopic (exact) mass is 471 g/mol. The number of carbonyl (C=O) groups is 1. The van der Waals surface area contributed by atoms with Crippen molar-refractivity contribution in [2.75, 3.05) is 7.11 Å². The number of methoxy groups -OCH3 is 1. The normalized spacial score (nSPS) is 15.4. The predicted octanol–water partition coefficient (Wildman–Crippen LogP) is 5.55. The Labute approximate surface area is 201 Å². The Bertz CT molecular complexity index is 1490. The molecule has 0 aliphatic carbocycles. The summed E-state index contributed by atoms with van der Waals surface area (Å²) in [4.78, 5) is 29.0. The minimum absolute atomic E-state index is 0.215. The highest BCUT2D eigenvalue weighted by atomic mass is 35.5. The summed E-state index contributed by atoms with van der Waals surface area (Å²) in [5.74, 6) is 0.449. The fourth-order valence-electron chi connectivity index (χ4n) is 4.58. The number of amides is 1. The van der Waals surface area contributed by atoms with Crippen molar-refractivity contribution < 1.29 is 9.53 Å². The van der Waals surface area contributed by atoms with E-state index in [2.05, 4.69) is 10.1 Å². The van der Waals surface area contributed by atoms with Gasteiger partial charge in [-0.1, -0.05) is 60.1 Å². The lowest BCUT2D eigenvalue weighted by Crippen LogP contribution is -2.24. The van der Waals surface area contributed by atoms with E-state index in [-0.39, 0.29) is 17.5 Å². The molecule has 1 unspecified atom stereocenters. The summed E-state index contributed by atoms with van der Waals surface area (Å²) < 4.78 is 5.54. The molecule has 34 heavy (non-hydrogen) atoms. The van der Waals surface area contributed by atoms with Crippen LogP contribution in [0.25, 0.3) is 22.0 Å². The molecule has 0 fully saturated rings. The molecule has 5 rings (SSSR count). The van der Waals surface area contributed by atoms with E-state index in [1.54, 1.807) is 19.2 Å². The quantitative estimate of drug-likeness (QED) is 0.423. The lowest BCUT2D eigenvalue weighted by atomic mass is 9.91. The van der Waals surface area contributed by atoms with Crippen LogP contribution in [0.3, 0.4) is 0 Å². The Morgan fingerprint density at radius 2 is 1.79 bits per heavy atom. The van der Waals surface area contributed by atoms with E-state index < -0.39 is 0 Å². The number of H-pyrrole nitrogens is 1. The Hall–Kier alpha value is -3.90. The number of fused-ring (bicyclic) bond motifs is 1. The molecule has 170 valence electrons. The second-order valence-corrected chi connectivity index (χ2v) is 8.57. The van der Waals surface area contributed by atoms with Crippen molar-refractivity contribution in [3.63, 3.8) is 0 Å². The molecule has 0 radical (unpaired) electrons. The topological polar surface area (TPSA) is 74.8 Å². The van der Waals surface area contributed by atoms with Crippen LogP contribution in [0.4, 0.5) is 0 Å². The summed E-state index contributed by atoms with van der Waals surface area (Å²) in [6, 6.07) is 22.2. The van der Waals surface area contributed by atoms with Gasteiger partial charge in [-0.3, -0.25) is 9.59 Å². The van der Waals surface area contributed by atoms with E-state index in [1.807, 2.05) is 60.7 Å². The molecule has 7 heteroatoms. The lowest BCUT2D eigenvalue weighted by molar-refractivity contribution is -0.130. The second kappa shape index (κ2) is 8.80. The highest BCUT2D eigenvalue weighted by molar-refractivity contribution is 6.31. The molecule has 0 saturated heterocycles. The second-order valence-electron chi connectivity index (χ2n) is 8.13. The molecule has 3 aromatic carbocycles. The summed E-state index contributed by atoms with van der Waals surface area (Å²) in [7, 11) is 1.60. The van der Waals surface area contributed by atoms with Gasteiger partial charge in [0.15, 0.2) is 0 Å². The number of aromatic amines is 1. The number of ether oxygens (including phenoxy) is 1. The van der Waals surface area contributed by atoms with Gasteiger partial charge in [-0.2, -0.15) is 5.10 Å². The standard InChI is InChI=1S/C27H22ClN3O3/c1-16(32)31-23(19-10-6-7-11-24(19)34-2)15-22(30-31)26-25(17-8-4-3-5-9-17)20-14-18(28)12-13-21(20)29-27(26)33/h3-14,23H,15H2,1-2H3,(H,29,33). The molecule has 4 aromatic rings. The predicted molar refractivity (Wildman–Crippen MR) is 134 cm³/mol. The molecule has 0 saturated carbocycles. The molecule has 1 N–H and O–H groups in total. The van der Waals surface area contributed by atoms with Crippen LogP contribution in [0.15, 0.2) is 82.7 Å². The Balaban J connectivity index is 1.75. The average molecular weight is 472 g/mol. The largest absolute Gasteiger partial charge is 0.496 e. The molecule has 1 aromatic heterocycles. The maximum atomic E-state index is 13.4. The van der Waals surface area contributed by atoms with E-state index in [0.717, 1.165) is 22.1 Å². The number of nitrogens with one attached hydrogen (secondary N) is 1. The van der Waals surface area contributed by atoms with E-state index in [0.29, 0.717) is 34.0 Å². The van der Waals surface area contributed by atoms with Crippen LogP contribution < -0.4 is 10.3 Å². The molecule has 0 bridgehead atoms. The van der Waals surface area contributed by atoms with E-state index in [4.69, 9.17) is 16.3 Å². The molecule has 0 spiro atoms. The summed E-state index contributed by atoms with van der Waals surface area (Å²) in [6.07, 6.45) is 0.370. The summed E-state index contributed by atoms with van der Waals surface area (Å²) >= 11 is 6.34. The Kier molecular flexibility index (Phi) is 5.67. The van der Waals surface area contributed by atoms with Gasteiger partial charge in [-0.05, 0) is 29.8 Å². The zero-order valence-corrected chi connectivity index (χ0v) is 19.5. The fraction of sp³-hybridized carbons (Fsp3) is 0.148. The van der Waals surface area contributed by atoms with Crippen molar-refractivity contribution in [2.24, 2.45) is 5.10 Å². The van der Waals surface area contributed by atoms with Crippen LogP contribution >= 0.6 is 11.6 Å².